The zero-order valence-electron chi connectivity index (χ0n) is 8.50. The number of ether oxygens (including phenoxy) is 1. The average Bonchev–Trinajstić information content (AvgIpc) is 2.29. The van der Waals surface area contributed by atoms with E-state index in [0.717, 1.165) is 17.6 Å². The normalized spacial score (nSPS) is 20.1. The summed E-state index contributed by atoms with van der Waals surface area (Å²) in [6.07, 6.45) is 4.01. The summed E-state index contributed by atoms with van der Waals surface area (Å²) in [5.41, 5.74) is 0.694. The molecule has 82 valence electrons. The fraction of sp³-hybridized carbons (Fsp3) is 0.545. The summed E-state index contributed by atoms with van der Waals surface area (Å²) in [4.78, 5) is 0. The summed E-state index contributed by atoms with van der Waals surface area (Å²) in [6, 6.07) is 3.44. The lowest BCUT2D eigenvalue weighted by Crippen LogP contribution is -2.28. The van der Waals surface area contributed by atoms with Gasteiger partial charge >= 0.3 is 0 Å². The van der Waals surface area contributed by atoms with Crippen molar-refractivity contribution in [2.45, 2.75) is 18.9 Å². The van der Waals surface area contributed by atoms with E-state index < -0.39 is 6.10 Å². The minimum Gasteiger partial charge on any atom is -0.619 e. The van der Waals surface area contributed by atoms with Gasteiger partial charge in [0.2, 0.25) is 0 Å². The Morgan fingerprint density at radius 1 is 1.47 bits per heavy atom. The monoisotopic (exact) mass is 209 g/mol. The van der Waals surface area contributed by atoms with Crippen molar-refractivity contribution < 1.29 is 14.6 Å². The lowest BCUT2D eigenvalue weighted by molar-refractivity contribution is -0.606. The Bertz CT molecular complexity index is 323. The molecule has 0 saturated carbocycles. The number of hydrogen-bond acceptors (Lipinski definition) is 3. The van der Waals surface area contributed by atoms with Crippen LogP contribution in [0, 0.1) is 11.1 Å². The second kappa shape index (κ2) is 4.59. The highest BCUT2D eigenvalue weighted by Crippen LogP contribution is 2.28. The smallest absolute Gasteiger partial charge is 0.186 e. The molecule has 1 aromatic heterocycles. The van der Waals surface area contributed by atoms with E-state index in [2.05, 4.69) is 0 Å². The third-order valence-corrected chi connectivity index (χ3v) is 2.85. The number of aliphatic hydroxyl groups excluding tert-OH is 1. The molecule has 1 fully saturated rings. The molecule has 1 unspecified atom stereocenters. The van der Waals surface area contributed by atoms with Gasteiger partial charge in [-0.2, -0.15) is 4.73 Å². The first-order valence-corrected chi connectivity index (χ1v) is 5.22. The SMILES string of the molecule is [O-][n+]1cccc(C(O)C2CCOCC2)c1. The maximum absolute atomic E-state index is 11.1. The maximum atomic E-state index is 11.1. The molecular weight excluding hydrogens is 194 g/mol. The van der Waals surface area contributed by atoms with Crippen LogP contribution in [0.4, 0.5) is 0 Å². The van der Waals surface area contributed by atoms with Gasteiger partial charge in [-0.05, 0) is 24.8 Å². The van der Waals surface area contributed by atoms with Gasteiger partial charge in [0.15, 0.2) is 12.4 Å². The molecule has 1 atom stereocenters. The van der Waals surface area contributed by atoms with Crippen LogP contribution >= 0.6 is 0 Å². The fourth-order valence-corrected chi connectivity index (χ4v) is 1.95. The number of aliphatic hydroxyl groups is 1. The summed E-state index contributed by atoms with van der Waals surface area (Å²) in [6.45, 7) is 1.40. The van der Waals surface area contributed by atoms with Crippen LogP contribution in [0.1, 0.15) is 24.5 Å². The van der Waals surface area contributed by atoms with E-state index in [0.29, 0.717) is 18.8 Å². The Balaban J connectivity index is 2.08. The summed E-state index contributed by atoms with van der Waals surface area (Å²) in [5.74, 6) is 0.209. The van der Waals surface area contributed by atoms with Crippen LogP contribution in [0.2, 0.25) is 0 Å². The first-order valence-electron chi connectivity index (χ1n) is 5.22. The number of aromatic nitrogens is 1. The predicted octanol–water partition coefficient (Wildman–Crippen LogP) is 0.780. The van der Waals surface area contributed by atoms with Gasteiger partial charge in [-0.25, -0.2) is 0 Å². The minimum atomic E-state index is -0.546. The van der Waals surface area contributed by atoms with Crippen LogP contribution in [0.5, 0.6) is 0 Å². The molecule has 0 amide bonds. The molecule has 15 heavy (non-hydrogen) atoms. The molecule has 4 heteroatoms. The summed E-state index contributed by atoms with van der Waals surface area (Å²) >= 11 is 0. The van der Waals surface area contributed by atoms with Crippen molar-refractivity contribution >= 4 is 0 Å². The predicted molar refractivity (Wildman–Crippen MR) is 53.9 cm³/mol. The Morgan fingerprint density at radius 2 is 2.20 bits per heavy atom. The first kappa shape index (κ1) is 10.4. The molecule has 0 spiro atoms. The Morgan fingerprint density at radius 3 is 2.87 bits per heavy atom. The van der Waals surface area contributed by atoms with Crippen molar-refractivity contribution in [1.29, 1.82) is 0 Å². The van der Waals surface area contributed by atoms with Crippen LogP contribution < -0.4 is 4.73 Å². The van der Waals surface area contributed by atoms with E-state index in [1.54, 1.807) is 12.1 Å². The van der Waals surface area contributed by atoms with Crippen LogP contribution in [0.3, 0.4) is 0 Å². The van der Waals surface area contributed by atoms with Crippen molar-refractivity contribution in [3.05, 3.63) is 35.3 Å². The summed E-state index contributed by atoms with van der Waals surface area (Å²) in [5, 5.41) is 21.1. The van der Waals surface area contributed by atoms with Gasteiger partial charge in [-0.1, -0.05) is 0 Å². The van der Waals surface area contributed by atoms with Gasteiger partial charge in [0, 0.05) is 24.8 Å². The van der Waals surface area contributed by atoms with Crippen LogP contribution in [0.25, 0.3) is 0 Å². The molecule has 4 nitrogen and oxygen atoms in total. The van der Waals surface area contributed by atoms with Crippen molar-refractivity contribution in [1.82, 2.24) is 0 Å². The first-order chi connectivity index (χ1) is 7.27. The van der Waals surface area contributed by atoms with Crippen LogP contribution in [0.15, 0.2) is 24.5 Å². The highest BCUT2D eigenvalue weighted by Gasteiger charge is 2.24. The molecule has 1 aromatic rings. The van der Waals surface area contributed by atoms with E-state index in [1.165, 1.54) is 12.4 Å². The third kappa shape index (κ3) is 2.46. The van der Waals surface area contributed by atoms with Crippen LogP contribution in [-0.2, 0) is 4.74 Å². The zero-order valence-corrected chi connectivity index (χ0v) is 8.50. The fourth-order valence-electron chi connectivity index (χ4n) is 1.95. The van der Waals surface area contributed by atoms with Crippen molar-refractivity contribution in [2.75, 3.05) is 13.2 Å². The molecular formula is C11H15NO3. The van der Waals surface area contributed by atoms with E-state index in [9.17, 15) is 10.3 Å². The van der Waals surface area contributed by atoms with Gasteiger partial charge in [-0.3, -0.25) is 0 Å². The molecule has 2 heterocycles. The number of hydrogen-bond donors (Lipinski definition) is 1. The molecule has 1 aliphatic heterocycles. The molecule has 0 aromatic carbocycles. The Kier molecular flexibility index (Phi) is 3.18. The molecule has 2 rings (SSSR count). The van der Waals surface area contributed by atoms with E-state index >= 15 is 0 Å². The standard InChI is InChI=1S/C11H15NO3/c13-11(9-3-6-15-7-4-9)10-2-1-5-12(14)8-10/h1-2,5,8-9,11,13H,3-4,6-7H2. The van der Waals surface area contributed by atoms with Crippen LogP contribution in [-0.4, -0.2) is 18.3 Å². The number of pyridine rings is 1. The number of nitrogens with zero attached hydrogens (tertiary/aromatic N) is 1. The van der Waals surface area contributed by atoms with Gasteiger partial charge in [0.1, 0.15) is 0 Å². The lowest BCUT2D eigenvalue weighted by atomic mass is 9.90. The Labute approximate surface area is 88.7 Å². The zero-order chi connectivity index (χ0) is 10.7. The molecule has 0 aliphatic carbocycles. The van der Waals surface area contributed by atoms with Gasteiger partial charge in [0.25, 0.3) is 0 Å². The lowest BCUT2D eigenvalue weighted by Gasteiger charge is -2.26. The summed E-state index contributed by atoms with van der Waals surface area (Å²) < 4.78 is 5.95. The minimum absolute atomic E-state index is 0.209. The maximum Gasteiger partial charge on any atom is 0.186 e. The molecule has 1 aliphatic rings. The van der Waals surface area contributed by atoms with Crippen molar-refractivity contribution in [3.63, 3.8) is 0 Å². The van der Waals surface area contributed by atoms with Gasteiger partial charge in [-0.15, -0.1) is 0 Å². The number of rotatable bonds is 2. The quantitative estimate of drug-likeness (QED) is 0.578. The summed E-state index contributed by atoms with van der Waals surface area (Å²) in [7, 11) is 0. The Hall–Kier alpha value is -1.13. The molecule has 1 saturated heterocycles. The van der Waals surface area contributed by atoms with E-state index in [-0.39, 0.29) is 5.92 Å². The highest BCUT2D eigenvalue weighted by atomic mass is 16.5. The third-order valence-electron chi connectivity index (χ3n) is 2.85. The van der Waals surface area contributed by atoms with E-state index in [4.69, 9.17) is 4.74 Å². The van der Waals surface area contributed by atoms with E-state index in [1.807, 2.05) is 0 Å². The molecule has 0 bridgehead atoms. The molecule has 0 radical (unpaired) electrons. The van der Waals surface area contributed by atoms with Crippen molar-refractivity contribution in [3.8, 4) is 0 Å². The van der Waals surface area contributed by atoms with Crippen molar-refractivity contribution in [2.24, 2.45) is 5.92 Å². The average molecular weight is 209 g/mol. The topological polar surface area (TPSA) is 56.4 Å². The van der Waals surface area contributed by atoms with Gasteiger partial charge in [0.05, 0.1) is 6.10 Å². The molecule has 1 N–H and O–H groups in total. The largest absolute Gasteiger partial charge is 0.619 e. The second-order valence-electron chi connectivity index (χ2n) is 3.89. The highest BCUT2D eigenvalue weighted by molar-refractivity contribution is 5.10. The second-order valence-corrected chi connectivity index (χ2v) is 3.89. The van der Waals surface area contributed by atoms with Gasteiger partial charge < -0.3 is 15.1 Å².